The number of hydrogen-bond acceptors (Lipinski definition) is 6. The Kier molecular flexibility index (Phi) is 8.59. The first-order chi connectivity index (χ1) is 13.8. The summed E-state index contributed by atoms with van der Waals surface area (Å²) in [6.45, 7) is 1.27. The van der Waals surface area contributed by atoms with Crippen molar-refractivity contribution in [2.45, 2.75) is 26.0 Å². The SMILES string of the molecule is C[C@@H](CS(=O)(=O)CCCOCn1ccc(=O)[nH]c1=O)c1cccc(OCCF)c1. The van der Waals surface area contributed by atoms with Gasteiger partial charge in [0.25, 0.3) is 5.56 Å². The highest BCUT2D eigenvalue weighted by Crippen LogP contribution is 2.22. The normalized spacial score (nSPS) is 12.6. The molecule has 0 aliphatic rings. The molecule has 8 nitrogen and oxygen atoms in total. The monoisotopic (exact) mass is 428 g/mol. The summed E-state index contributed by atoms with van der Waals surface area (Å²) in [5, 5.41) is 0. The molecule has 0 fully saturated rings. The number of hydrogen-bond donors (Lipinski definition) is 1. The molecule has 10 heteroatoms. The van der Waals surface area contributed by atoms with E-state index >= 15 is 0 Å². The Morgan fingerprint density at radius 1 is 1.21 bits per heavy atom. The zero-order chi connectivity index (χ0) is 21.3. The van der Waals surface area contributed by atoms with Crippen LogP contribution in [-0.4, -0.2) is 49.4 Å². The summed E-state index contributed by atoms with van der Waals surface area (Å²) in [5.41, 5.74) is -0.277. The minimum Gasteiger partial charge on any atom is -0.491 e. The van der Waals surface area contributed by atoms with Crippen molar-refractivity contribution < 1.29 is 22.3 Å². The Bertz CT molecular complexity index is 1000. The standard InChI is InChI=1S/C19H25FN2O6S/c1-15(16-4-2-5-17(12-16)28-10-7-20)13-29(25,26)11-3-9-27-14-22-8-6-18(23)21-19(22)24/h2,4-6,8,12,15H,3,7,9-11,13-14H2,1H3,(H,21,23,24)/t15-/m0/s1. The minimum atomic E-state index is -3.31. The molecule has 1 N–H and O–H groups in total. The fraction of sp³-hybridized carbons (Fsp3) is 0.474. The van der Waals surface area contributed by atoms with E-state index in [9.17, 15) is 22.4 Å². The summed E-state index contributed by atoms with van der Waals surface area (Å²) in [6, 6.07) is 8.19. The number of nitrogens with zero attached hydrogens (tertiary/aromatic N) is 1. The fourth-order valence-corrected chi connectivity index (χ4v) is 4.40. The average molecular weight is 428 g/mol. The molecule has 29 heavy (non-hydrogen) atoms. The first-order valence-electron chi connectivity index (χ1n) is 9.17. The van der Waals surface area contributed by atoms with Gasteiger partial charge in [0.2, 0.25) is 0 Å². The van der Waals surface area contributed by atoms with Crippen LogP contribution in [0, 0.1) is 0 Å². The molecular weight excluding hydrogens is 403 g/mol. The number of nitrogens with one attached hydrogen (secondary N) is 1. The van der Waals surface area contributed by atoms with Gasteiger partial charge in [-0.05, 0) is 30.0 Å². The van der Waals surface area contributed by atoms with E-state index in [4.69, 9.17) is 9.47 Å². The van der Waals surface area contributed by atoms with Crippen LogP contribution >= 0.6 is 0 Å². The average Bonchev–Trinajstić information content (AvgIpc) is 2.67. The lowest BCUT2D eigenvalue weighted by molar-refractivity contribution is 0.0745. The predicted octanol–water partition coefficient (Wildman–Crippen LogP) is 1.47. The van der Waals surface area contributed by atoms with Gasteiger partial charge in [0, 0.05) is 18.9 Å². The number of benzene rings is 1. The van der Waals surface area contributed by atoms with E-state index in [0.717, 1.165) is 5.56 Å². The maximum atomic E-state index is 12.4. The van der Waals surface area contributed by atoms with Gasteiger partial charge in [-0.15, -0.1) is 0 Å². The molecule has 1 aromatic heterocycles. The van der Waals surface area contributed by atoms with Gasteiger partial charge >= 0.3 is 5.69 Å². The Morgan fingerprint density at radius 2 is 2.00 bits per heavy atom. The van der Waals surface area contributed by atoms with E-state index < -0.39 is 27.8 Å². The molecule has 160 valence electrons. The van der Waals surface area contributed by atoms with Crippen LogP contribution in [-0.2, 0) is 21.3 Å². The smallest absolute Gasteiger partial charge is 0.330 e. The fourth-order valence-electron chi connectivity index (χ4n) is 2.72. The van der Waals surface area contributed by atoms with Crippen molar-refractivity contribution in [3.8, 4) is 5.75 Å². The lowest BCUT2D eigenvalue weighted by atomic mass is 10.0. The van der Waals surface area contributed by atoms with Crippen molar-refractivity contribution in [1.82, 2.24) is 9.55 Å². The molecule has 0 unspecified atom stereocenters. The van der Waals surface area contributed by atoms with Gasteiger partial charge in [-0.1, -0.05) is 19.1 Å². The van der Waals surface area contributed by atoms with Crippen LogP contribution < -0.4 is 16.0 Å². The zero-order valence-electron chi connectivity index (χ0n) is 16.2. The van der Waals surface area contributed by atoms with Gasteiger partial charge in [-0.3, -0.25) is 14.3 Å². The van der Waals surface area contributed by atoms with Crippen molar-refractivity contribution in [2.24, 2.45) is 0 Å². The van der Waals surface area contributed by atoms with Crippen LogP contribution in [0.3, 0.4) is 0 Å². The van der Waals surface area contributed by atoms with Crippen LogP contribution in [0.1, 0.15) is 24.8 Å². The third kappa shape index (κ3) is 7.82. The summed E-state index contributed by atoms with van der Waals surface area (Å²) in [5.74, 6) is 0.194. The third-order valence-electron chi connectivity index (χ3n) is 4.15. The molecule has 1 atom stereocenters. The molecule has 2 aromatic rings. The quantitative estimate of drug-likeness (QED) is 0.513. The molecule has 0 saturated heterocycles. The van der Waals surface area contributed by atoms with Gasteiger partial charge in [0.15, 0.2) is 9.84 Å². The second-order valence-corrected chi connectivity index (χ2v) is 8.82. The van der Waals surface area contributed by atoms with Gasteiger partial charge in [0.05, 0.1) is 11.5 Å². The molecule has 0 spiro atoms. The molecule has 1 heterocycles. The highest BCUT2D eigenvalue weighted by molar-refractivity contribution is 7.91. The number of sulfone groups is 1. The molecule has 0 amide bonds. The molecule has 0 aliphatic heterocycles. The molecule has 0 radical (unpaired) electrons. The number of H-pyrrole nitrogens is 1. The van der Waals surface area contributed by atoms with Crippen molar-refractivity contribution in [3.05, 3.63) is 62.9 Å². The predicted molar refractivity (Wildman–Crippen MR) is 107 cm³/mol. The molecule has 1 aromatic carbocycles. The van der Waals surface area contributed by atoms with E-state index in [-0.39, 0.29) is 43.8 Å². The third-order valence-corrected chi connectivity index (χ3v) is 6.07. The Morgan fingerprint density at radius 3 is 2.72 bits per heavy atom. The number of rotatable bonds is 12. The van der Waals surface area contributed by atoms with Crippen molar-refractivity contribution in [1.29, 1.82) is 0 Å². The Labute approximate surface area is 168 Å². The molecule has 0 saturated carbocycles. The van der Waals surface area contributed by atoms with Gasteiger partial charge < -0.3 is 9.47 Å². The highest BCUT2D eigenvalue weighted by atomic mass is 32.2. The lowest BCUT2D eigenvalue weighted by Crippen LogP contribution is -2.29. The number of alkyl halides is 1. The van der Waals surface area contributed by atoms with Gasteiger partial charge in [-0.2, -0.15) is 0 Å². The zero-order valence-corrected chi connectivity index (χ0v) is 17.0. The van der Waals surface area contributed by atoms with Crippen molar-refractivity contribution in [3.63, 3.8) is 0 Å². The number of ether oxygens (including phenoxy) is 2. The van der Waals surface area contributed by atoms with E-state index in [0.29, 0.717) is 5.75 Å². The highest BCUT2D eigenvalue weighted by Gasteiger charge is 2.17. The molecule has 0 bridgehead atoms. The maximum absolute atomic E-state index is 12.4. The maximum Gasteiger partial charge on any atom is 0.330 e. The lowest BCUT2D eigenvalue weighted by Gasteiger charge is -2.14. The summed E-state index contributed by atoms with van der Waals surface area (Å²) < 4.78 is 48.7. The Balaban J connectivity index is 1.79. The summed E-state index contributed by atoms with van der Waals surface area (Å²) in [6.07, 6.45) is 1.60. The van der Waals surface area contributed by atoms with Crippen LogP contribution in [0.2, 0.25) is 0 Å². The molecule has 2 rings (SSSR count). The first-order valence-corrected chi connectivity index (χ1v) is 11.0. The molecule has 0 aliphatic carbocycles. The van der Waals surface area contributed by atoms with Crippen LogP contribution in [0.5, 0.6) is 5.75 Å². The summed E-state index contributed by atoms with van der Waals surface area (Å²) >= 11 is 0. The summed E-state index contributed by atoms with van der Waals surface area (Å²) in [7, 11) is -3.31. The van der Waals surface area contributed by atoms with Gasteiger partial charge in [0.1, 0.15) is 25.8 Å². The second kappa shape index (κ2) is 10.9. The van der Waals surface area contributed by atoms with Crippen LogP contribution in [0.4, 0.5) is 4.39 Å². The number of aromatic nitrogens is 2. The van der Waals surface area contributed by atoms with E-state index in [1.807, 2.05) is 13.0 Å². The van der Waals surface area contributed by atoms with E-state index in [2.05, 4.69) is 4.98 Å². The van der Waals surface area contributed by atoms with Crippen LogP contribution in [0.25, 0.3) is 0 Å². The minimum absolute atomic E-state index is 0.0288. The Hall–Kier alpha value is -2.46. The molecular formula is C19H25FN2O6S. The van der Waals surface area contributed by atoms with Gasteiger partial charge in [-0.25, -0.2) is 17.6 Å². The largest absolute Gasteiger partial charge is 0.491 e. The second-order valence-electron chi connectivity index (χ2n) is 6.60. The topological polar surface area (TPSA) is 107 Å². The number of aromatic amines is 1. The van der Waals surface area contributed by atoms with Crippen molar-refractivity contribution >= 4 is 9.84 Å². The summed E-state index contributed by atoms with van der Waals surface area (Å²) in [4.78, 5) is 24.6. The first kappa shape index (κ1) is 22.8. The van der Waals surface area contributed by atoms with Crippen molar-refractivity contribution in [2.75, 3.05) is 31.4 Å². The van der Waals surface area contributed by atoms with E-state index in [1.165, 1.54) is 16.8 Å². The van der Waals surface area contributed by atoms with E-state index in [1.54, 1.807) is 18.2 Å². The number of halogens is 1. The van der Waals surface area contributed by atoms with Crippen LogP contribution in [0.15, 0.2) is 46.1 Å².